The van der Waals surface area contributed by atoms with Gasteiger partial charge in [-0.3, -0.25) is 9.69 Å². The van der Waals surface area contributed by atoms with Crippen molar-refractivity contribution in [1.29, 1.82) is 0 Å². The second-order valence-electron chi connectivity index (χ2n) is 11.0. The Kier molecular flexibility index (Phi) is 7.22. The zero-order chi connectivity index (χ0) is 24.6. The Bertz CT molecular complexity index is 1000. The number of β-amino-alcohol motifs (C(OH)–C–C–N with tert-alkyl or cyclic N) is 1. The average Bonchev–Trinajstić information content (AvgIpc) is 3.62. The van der Waals surface area contributed by atoms with Crippen molar-refractivity contribution in [3.8, 4) is 0 Å². The first kappa shape index (κ1) is 24.8. The summed E-state index contributed by atoms with van der Waals surface area (Å²) in [6.07, 6.45) is 2.02. The number of fused-ring (bicyclic) bond motifs is 1. The van der Waals surface area contributed by atoms with Crippen molar-refractivity contribution in [3.05, 3.63) is 52.2 Å². The van der Waals surface area contributed by atoms with Gasteiger partial charge in [0.2, 0.25) is 5.91 Å². The standard InChI is InChI=1S/C28H40N4O2S/c1-21(2)28(3,26-9-6-18-35-26)12-10-27(34)30-19-24(25(33)20-30)29-14-16-31(17-15-29)32-13-11-22-7-4-5-8-23(22)32/h4-9,18,21,24-25,33H,10-17,19-20H2,1-3H3. The highest BCUT2D eigenvalue weighted by atomic mass is 32.1. The van der Waals surface area contributed by atoms with E-state index in [1.54, 1.807) is 11.3 Å². The van der Waals surface area contributed by atoms with Gasteiger partial charge in [0.05, 0.1) is 17.8 Å². The van der Waals surface area contributed by atoms with Gasteiger partial charge in [-0.1, -0.05) is 45.0 Å². The fourth-order valence-corrected chi connectivity index (χ4v) is 7.12. The number of piperazine rings is 1. The number of carbonyl (C=O) groups is 1. The molecule has 6 nitrogen and oxygen atoms in total. The van der Waals surface area contributed by atoms with Crippen molar-refractivity contribution in [2.45, 2.75) is 57.6 Å². The molecule has 0 saturated carbocycles. The first-order valence-electron chi connectivity index (χ1n) is 13.2. The van der Waals surface area contributed by atoms with E-state index in [9.17, 15) is 9.90 Å². The van der Waals surface area contributed by atoms with E-state index in [0.717, 1.165) is 45.6 Å². The van der Waals surface area contributed by atoms with E-state index in [-0.39, 0.29) is 17.4 Å². The van der Waals surface area contributed by atoms with Crippen LogP contribution in [0.1, 0.15) is 44.1 Å². The molecular formula is C28H40N4O2S. The molecule has 3 atom stereocenters. The summed E-state index contributed by atoms with van der Waals surface area (Å²) in [5.41, 5.74) is 2.78. The van der Waals surface area contributed by atoms with Crippen LogP contribution in [0.15, 0.2) is 41.8 Å². The molecule has 5 rings (SSSR count). The summed E-state index contributed by atoms with van der Waals surface area (Å²) >= 11 is 1.79. The molecular weight excluding hydrogens is 456 g/mol. The van der Waals surface area contributed by atoms with Crippen LogP contribution >= 0.6 is 11.3 Å². The lowest BCUT2D eigenvalue weighted by atomic mass is 9.74. The number of nitrogens with zero attached hydrogens (tertiary/aromatic N) is 4. The number of para-hydroxylation sites is 1. The van der Waals surface area contributed by atoms with Crippen molar-refractivity contribution in [3.63, 3.8) is 0 Å². The molecule has 3 unspecified atom stereocenters. The van der Waals surface area contributed by atoms with Gasteiger partial charge in [0.1, 0.15) is 0 Å². The molecule has 4 heterocycles. The number of aliphatic hydroxyl groups is 1. The van der Waals surface area contributed by atoms with Gasteiger partial charge in [-0.25, -0.2) is 5.01 Å². The minimum Gasteiger partial charge on any atom is -0.390 e. The number of hydrogen-bond acceptors (Lipinski definition) is 6. The zero-order valence-corrected chi connectivity index (χ0v) is 22.2. The maximum absolute atomic E-state index is 13.2. The van der Waals surface area contributed by atoms with Gasteiger partial charge < -0.3 is 15.0 Å². The van der Waals surface area contributed by atoms with Gasteiger partial charge in [0.25, 0.3) is 0 Å². The van der Waals surface area contributed by atoms with Crippen LogP contribution in [0.4, 0.5) is 5.69 Å². The minimum absolute atomic E-state index is 0.00604. The summed E-state index contributed by atoms with van der Waals surface area (Å²) in [4.78, 5) is 18.9. The molecule has 3 aliphatic heterocycles. The van der Waals surface area contributed by atoms with Gasteiger partial charge in [-0.2, -0.15) is 0 Å². The van der Waals surface area contributed by atoms with E-state index in [1.165, 1.54) is 16.1 Å². The predicted octanol–water partition coefficient (Wildman–Crippen LogP) is 3.61. The zero-order valence-electron chi connectivity index (χ0n) is 21.4. The number of benzene rings is 1. The molecule has 1 aromatic heterocycles. The fourth-order valence-electron chi connectivity index (χ4n) is 6.06. The summed E-state index contributed by atoms with van der Waals surface area (Å²) in [5, 5.41) is 17.9. The normalized spacial score (nSPS) is 25.3. The molecule has 2 fully saturated rings. The van der Waals surface area contributed by atoms with Crippen LogP contribution in [0, 0.1) is 5.92 Å². The molecule has 3 aliphatic rings. The average molecular weight is 497 g/mol. The Morgan fingerprint density at radius 1 is 1.09 bits per heavy atom. The maximum atomic E-state index is 13.2. The lowest BCUT2D eigenvalue weighted by Crippen LogP contribution is -2.57. The number of anilines is 1. The Morgan fingerprint density at radius 3 is 2.57 bits per heavy atom. The van der Waals surface area contributed by atoms with Crippen molar-refractivity contribution < 1.29 is 9.90 Å². The van der Waals surface area contributed by atoms with E-state index in [2.05, 4.69) is 77.5 Å². The second-order valence-corrected chi connectivity index (χ2v) is 11.9. The molecule has 190 valence electrons. The van der Waals surface area contributed by atoms with E-state index < -0.39 is 6.10 Å². The van der Waals surface area contributed by atoms with E-state index in [1.807, 2.05) is 4.90 Å². The van der Waals surface area contributed by atoms with Crippen LogP contribution in [-0.2, 0) is 16.6 Å². The van der Waals surface area contributed by atoms with E-state index in [0.29, 0.717) is 25.4 Å². The summed E-state index contributed by atoms with van der Waals surface area (Å²) in [7, 11) is 0. The molecule has 0 aliphatic carbocycles. The molecule has 2 aromatic rings. The van der Waals surface area contributed by atoms with Crippen molar-refractivity contribution in [1.82, 2.24) is 14.8 Å². The van der Waals surface area contributed by atoms with Crippen LogP contribution in [0.3, 0.4) is 0 Å². The van der Waals surface area contributed by atoms with Crippen molar-refractivity contribution in [2.75, 3.05) is 50.8 Å². The van der Waals surface area contributed by atoms with E-state index in [4.69, 9.17) is 0 Å². The molecule has 2 saturated heterocycles. The van der Waals surface area contributed by atoms with Crippen LogP contribution < -0.4 is 5.01 Å². The molecule has 0 radical (unpaired) electrons. The monoisotopic (exact) mass is 496 g/mol. The molecule has 7 heteroatoms. The van der Waals surface area contributed by atoms with Crippen LogP contribution in [0.5, 0.6) is 0 Å². The van der Waals surface area contributed by atoms with Crippen LogP contribution in [0.2, 0.25) is 0 Å². The maximum Gasteiger partial charge on any atom is 0.222 e. The number of amides is 1. The van der Waals surface area contributed by atoms with Gasteiger partial charge in [-0.15, -0.1) is 11.3 Å². The van der Waals surface area contributed by atoms with Crippen LogP contribution in [0.25, 0.3) is 0 Å². The number of thiophene rings is 1. The number of carbonyl (C=O) groups excluding carboxylic acids is 1. The first-order chi connectivity index (χ1) is 16.9. The summed E-state index contributed by atoms with van der Waals surface area (Å²) < 4.78 is 0. The van der Waals surface area contributed by atoms with Gasteiger partial charge in [-0.05, 0) is 41.8 Å². The third-order valence-corrected chi connectivity index (χ3v) is 9.94. The van der Waals surface area contributed by atoms with Gasteiger partial charge >= 0.3 is 0 Å². The quantitative estimate of drug-likeness (QED) is 0.635. The number of rotatable bonds is 7. The molecule has 0 spiro atoms. The van der Waals surface area contributed by atoms with Crippen molar-refractivity contribution >= 4 is 22.9 Å². The smallest absolute Gasteiger partial charge is 0.222 e. The lowest BCUT2D eigenvalue weighted by molar-refractivity contribution is -0.131. The third kappa shape index (κ3) is 4.88. The number of likely N-dealkylation sites (tertiary alicyclic amines) is 1. The SMILES string of the molecule is CC(C)C(C)(CCC(=O)N1CC(O)C(N2CCN(N3CCc4ccccc43)CC2)C1)c1cccs1. The number of hydrogen-bond donors (Lipinski definition) is 1. The summed E-state index contributed by atoms with van der Waals surface area (Å²) in [6.45, 7) is 12.7. The molecule has 0 bridgehead atoms. The highest BCUT2D eigenvalue weighted by Crippen LogP contribution is 2.39. The lowest BCUT2D eigenvalue weighted by Gasteiger charge is -2.43. The van der Waals surface area contributed by atoms with Gasteiger partial charge in [0, 0.05) is 62.5 Å². The Balaban J connectivity index is 1.14. The Labute approximate surface area is 214 Å². The Hall–Kier alpha value is -1.93. The van der Waals surface area contributed by atoms with Crippen molar-refractivity contribution in [2.24, 2.45) is 5.92 Å². The number of hydrazine groups is 1. The summed E-state index contributed by atoms with van der Waals surface area (Å²) in [5.74, 6) is 0.645. The van der Waals surface area contributed by atoms with Crippen LogP contribution in [-0.4, -0.2) is 83.8 Å². The largest absolute Gasteiger partial charge is 0.390 e. The topological polar surface area (TPSA) is 50.3 Å². The molecule has 1 N–H and O–H groups in total. The predicted molar refractivity (Wildman–Crippen MR) is 143 cm³/mol. The molecule has 1 amide bonds. The molecule has 35 heavy (non-hydrogen) atoms. The first-order valence-corrected chi connectivity index (χ1v) is 14.1. The third-order valence-electron chi connectivity index (χ3n) is 8.79. The summed E-state index contributed by atoms with van der Waals surface area (Å²) in [6, 6.07) is 13.0. The minimum atomic E-state index is -0.466. The molecule has 1 aromatic carbocycles. The van der Waals surface area contributed by atoms with E-state index >= 15 is 0 Å². The highest BCUT2D eigenvalue weighted by molar-refractivity contribution is 7.10. The Morgan fingerprint density at radius 2 is 1.86 bits per heavy atom. The fraction of sp³-hybridized carbons (Fsp3) is 0.607. The second kappa shape index (κ2) is 10.2. The highest BCUT2D eigenvalue weighted by Gasteiger charge is 2.40. The number of aliphatic hydroxyl groups excluding tert-OH is 1. The van der Waals surface area contributed by atoms with Gasteiger partial charge in [0.15, 0.2) is 0 Å².